The van der Waals surface area contributed by atoms with E-state index in [0.29, 0.717) is 30.7 Å². The van der Waals surface area contributed by atoms with Gasteiger partial charge in [0.1, 0.15) is 12.5 Å². The zero-order valence-corrected chi connectivity index (χ0v) is 17.7. The number of hydrogen-bond donors (Lipinski definition) is 3. The number of aliphatic hydroxyl groups is 1. The van der Waals surface area contributed by atoms with E-state index in [9.17, 15) is 13.2 Å². The molecule has 1 fully saturated rings. The van der Waals surface area contributed by atoms with Crippen LogP contribution in [0.15, 0.2) is 54.6 Å². The van der Waals surface area contributed by atoms with Crippen molar-refractivity contribution >= 4 is 16.1 Å². The van der Waals surface area contributed by atoms with E-state index in [1.54, 1.807) is 24.3 Å². The standard InChI is InChI=1S/C21H27N3O5S/c1-29-19-10-6-5-9-18(19)20(26)22-15-21(17-7-3-2-4-8-17)11-13-24(14-12-21)30(27,28)23-16-25/h2-10,23,25H,11-16H2,1H3,(H,22,26). The van der Waals surface area contributed by atoms with Crippen LogP contribution < -0.4 is 14.8 Å². The second-order valence-electron chi connectivity index (χ2n) is 7.24. The first kappa shape index (κ1) is 22.2. The SMILES string of the molecule is COc1ccccc1C(=O)NCC1(c2ccccc2)CCN(S(=O)(=O)NCO)CC1. The molecule has 9 heteroatoms. The molecule has 1 aliphatic rings. The van der Waals surface area contributed by atoms with Crippen LogP contribution >= 0.6 is 0 Å². The fraction of sp³-hybridized carbons (Fsp3) is 0.381. The van der Waals surface area contributed by atoms with Crippen LogP contribution in [0.3, 0.4) is 0 Å². The van der Waals surface area contributed by atoms with E-state index in [1.165, 1.54) is 11.4 Å². The molecule has 0 saturated carbocycles. The third kappa shape index (κ3) is 4.81. The van der Waals surface area contributed by atoms with E-state index in [0.717, 1.165) is 5.56 Å². The first-order valence-electron chi connectivity index (χ1n) is 9.74. The maximum atomic E-state index is 12.8. The van der Waals surface area contributed by atoms with Crippen molar-refractivity contribution in [3.8, 4) is 5.75 Å². The van der Waals surface area contributed by atoms with Crippen molar-refractivity contribution < 1.29 is 23.1 Å². The normalized spacial score (nSPS) is 16.7. The number of methoxy groups -OCH3 is 1. The minimum atomic E-state index is -3.72. The summed E-state index contributed by atoms with van der Waals surface area (Å²) in [5.41, 5.74) is 1.11. The molecule has 1 heterocycles. The summed E-state index contributed by atoms with van der Waals surface area (Å²) >= 11 is 0. The Kier molecular flexibility index (Phi) is 7.09. The molecule has 1 saturated heterocycles. The number of carbonyl (C=O) groups excluding carboxylic acids is 1. The van der Waals surface area contributed by atoms with Crippen molar-refractivity contribution in [3.63, 3.8) is 0 Å². The average molecular weight is 434 g/mol. The molecule has 0 bridgehead atoms. The van der Waals surface area contributed by atoms with Gasteiger partial charge in [-0.05, 0) is 30.5 Å². The number of nitrogens with one attached hydrogen (secondary N) is 2. The zero-order chi connectivity index (χ0) is 21.6. The highest BCUT2D eigenvalue weighted by Gasteiger charge is 2.39. The fourth-order valence-electron chi connectivity index (χ4n) is 3.86. The molecule has 1 amide bonds. The van der Waals surface area contributed by atoms with Crippen molar-refractivity contribution in [2.24, 2.45) is 0 Å². The van der Waals surface area contributed by atoms with Crippen LogP contribution in [-0.4, -0.2) is 57.2 Å². The topological polar surface area (TPSA) is 108 Å². The highest BCUT2D eigenvalue weighted by molar-refractivity contribution is 7.87. The van der Waals surface area contributed by atoms with Gasteiger partial charge in [0, 0.05) is 25.0 Å². The Morgan fingerprint density at radius 2 is 1.73 bits per heavy atom. The van der Waals surface area contributed by atoms with Crippen molar-refractivity contribution in [3.05, 3.63) is 65.7 Å². The van der Waals surface area contributed by atoms with Crippen molar-refractivity contribution in [1.82, 2.24) is 14.3 Å². The van der Waals surface area contributed by atoms with Gasteiger partial charge in [-0.1, -0.05) is 42.5 Å². The smallest absolute Gasteiger partial charge is 0.281 e. The third-order valence-corrected chi connectivity index (χ3v) is 7.13. The number of aliphatic hydroxyl groups excluding tert-OH is 1. The summed E-state index contributed by atoms with van der Waals surface area (Å²) in [7, 11) is -2.20. The molecule has 0 unspecified atom stereocenters. The Morgan fingerprint density at radius 3 is 2.37 bits per heavy atom. The predicted octanol–water partition coefficient (Wildman–Crippen LogP) is 1.24. The van der Waals surface area contributed by atoms with Crippen LogP contribution in [0.1, 0.15) is 28.8 Å². The summed E-state index contributed by atoms with van der Waals surface area (Å²) in [5.74, 6) is 0.263. The summed E-state index contributed by atoms with van der Waals surface area (Å²) in [6, 6.07) is 16.8. The first-order chi connectivity index (χ1) is 14.4. The number of piperidine rings is 1. The molecule has 8 nitrogen and oxygen atoms in total. The van der Waals surface area contributed by atoms with Gasteiger partial charge in [-0.25, -0.2) is 0 Å². The van der Waals surface area contributed by atoms with Gasteiger partial charge in [-0.3, -0.25) is 4.79 Å². The molecule has 3 N–H and O–H groups in total. The molecule has 0 aromatic heterocycles. The molecule has 0 radical (unpaired) electrons. The second kappa shape index (κ2) is 9.57. The summed E-state index contributed by atoms with van der Waals surface area (Å²) in [5, 5.41) is 12.0. The van der Waals surface area contributed by atoms with E-state index < -0.39 is 22.4 Å². The van der Waals surface area contributed by atoms with E-state index in [2.05, 4.69) is 10.0 Å². The lowest BCUT2D eigenvalue weighted by atomic mass is 9.73. The molecule has 162 valence electrons. The van der Waals surface area contributed by atoms with Crippen molar-refractivity contribution in [1.29, 1.82) is 0 Å². The van der Waals surface area contributed by atoms with Crippen LogP contribution in [0.5, 0.6) is 5.75 Å². The molecule has 0 atom stereocenters. The lowest BCUT2D eigenvalue weighted by molar-refractivity contribution is 0.0929. The molecule has 2 aromatic rings. The molecule has 2 aromatic carbocycles. The van der Waals surface area contributed by atoms with Crippen LogP contribution in [0, 0.1) is 0 Å². The number of nitrogens with zero attached hydrogens (tertiary/aromatic N) is 1. The summed E-state index contributed by atoms with van der Waals surface area (Å²) in [4.78, 5) is 12.8. The van der Waals surface area contributed by atoms with Crippen molar-refractivity contribution in [2.75, 3.05) is 33.5 Å². The van der Waals surface area contributed by atoms with Gasteiger partial charge in [0.2, 0.25) is 0 Å². The average Bonchev–Trinajstić information content (AvgIpc) is 2.78. The molecule has 3 rings (SSSR count). The van der Waals surface area contributed by atoms with Gasteiger partial charge in [0.15, 0.2) is 0 Å². The molecule has 1 aliphatic heterocycles. The lowest BCUT2D eigenvalue weighted by Gasteiger charge is -2.41. The number of ether oxygens (including phenoxy) is 1. The number of amides is 1. The van der Waals surface area contributed by atoms with Gasteiger partial charge >= 0.3 is 0 Å². The highest BCUT2D eigenvalue weighted by atomic mass is 32.2. The summed E-state index contributed by atoms with van der Waals surface area (Å²) in [6.07, 6.45) is 1.07. The van der Waals surface area contributed by atoms with Crippen LogP contribution in [-0.2, 0) is 15.6 Å². The Morgan fingerprint density at radius 1 is 1.10 bits per heavy atom. The monoisotopic (exact) mass is 433 g/mol. The Bertz CT molecular complexity index is 958. The second-order valence-corrected chi connectivity index (χ2v) is 8.99. The number of para-hydroxylation sites is 1. The van der Waals surface area contributed by atoms with E-state index in [1.807, 2.05) is 30.3 Å². The Labute approximate surface area is 177 Å². The Balaban J connectivity index is 1.79. The predicted molar refractivity (Wildman–Crippen MR) is 113 cm³/mol. The number of benzene rings is 2. The van der Waals surface area contributed by atoms with Gasteiger partial charge in [-0.15, -0.1) is 0 Å². The Hall–Kier alpha value is -2.46. The van der Waals surface area contributed by atoms with E-state index >= 15 is 0 Å². The molecule has 0 aliphatic carbocycles. The number of hydrogen-bond acceptors (Lipinski definition) is 5. The number of carbonyl (C=O) groups is 1. The van der Waals surface area contributed by atoms with Gasteiger partial charge in [0.25, 0.3) is 16.1 Å². The summed E-state index contributed by atoms with van der Waals surface area (Å²) in [6.45, 7) is 0.302. The molecular formula is C21H27N3O5S. The zero-order valence-electron chi connectivity index (χ0n) is 16.9. The van der Waals surface area contributed by atoms with Crippen LogP contribution in [0.4, 0.5) is 0 Å². The minimum absolute atomic E-state index is 0.236. The van der Waals surface area contributed by atoms with Crippen LogP contribution in [0.2, 0.25) is 0 Å². The quantitative estimate of drug-likeness (QED) is 0.543. The first-order valence-corrected chi connectivity index (χ1v) is 11.2. The minimum Gasteiger partial charge on any atom is -0.496 e. The molecular weight excluding hydrogens is 406 g/mol. The van der Waals surface area contributed by atoms with Crippen molar-refractivity contribution in [2.45, 2.75) is 18.3 Å². The molecule has 0 spiro atoms. The maximum Gasteiger partial charge on any atom is 0.281 e. The maximum absolute atomic E-state index is 12.8. The van der Waals surface area contributed by atoms with E-state index in [4.69, 9.17) is 9.84 Å². The van der Waals surface area contributed by atoms with Gasteiger partial charge in [-0.2, -0.15) is 17.4 Å². The summed E-state index contributed by atoms with van der Waals surface area (Å²) < 4.78 is 33.2. The number of rotatable bonds is 8. The van der Waals surface area contributed by atoms with Crippen LogP contribution in [0.25, 0.3) is 0 Å². The lowest BCUT2D eigenvalue weighted by Crippen LogP contribution is -2.52. The molecule has 30 heavy (non-hydrogen) atoms. The fourth-order valence-corrected chi connectivity index (χ4v) is 4.87. The van der Waals surface area contributed by atoms with E-state index in [-0.39, 0.29) is 19.0 Å². The van der Waals surface area contributed by atoms with Gasteiger partial charge < -0.3 is 15.2 Å². The third-order valence-electron chi connectivity index (χ3n) is 5.59. The highest BCUT2D eigenvalue weighted by Crippen LogP contribution is 2.36. The largest absolute Gasteiger partial charge is 0.496 e. The van der Waals surface area contributed by atoms with Gasteiger partial charge in [0.05, 0.1) is 12.7 Å².